The fraction of sp³-hybridized carbons (Fsp3) is 0.680. The summed E-state index contributed by atoms with van der Waals surface area (Å²) in [7, 11) is 4.00. The Morgan fingerprint density at radius 1 is 1.33 bits per heavy atom. The van der Waals surface area contributed by atoms with Gasteiger partial charge in [0.05, 0.1) is 11.0 Å². The van der Waals surface area contributed by atoms with Gasteiger partial charge in [-0.1, -0.05) is 31.6 Å². The lowest BCUT2D eigenvalue weighted by molar-refractivity contribution is -0.247. The van der Waals surface area contributed by atoms with Gasteiger partial charge in [0.2, 0.25) is 0 Å². The van der Waals surface area contributed by atoms with Crippen LogP contribution in [0.4, 0.5) is 0 Å². The second kappa shape index (κ2) is 5.62. The molecule has 2 spiro atoms. The van der Waals surface area contributed by atoms with E-state index < -0.39 is 11.2 Å². The molecule has 1 saturated heterocycles. The number of hydrogen-bond donors (Lipinski definition) is 2. The number of aromatic hydroxyl groups is 1. The van der Waals surface area contributed by atoms with E-state index in [1.165, 1.54) is 11.1 Å². The van der Waals surface area contributed by atoms with E-state index in [1.54, 1.807) is 13.2 Å². The summed E-state index contributed by atoms with van der Waals surface area (Å²) in [6, 6.07) is 4.23. The first-order chi connectivity index (χ1) is 14.3. The number of likely N-dealkylation sites (tertiary alicyclic amines) is 1. The molecule has 0 amide bonds. The van der Waals surface area contributed by atoms with Gasteiger partial charge in [-0.3, -0.25) is 0 Å². The molecule has 2 aliphatic heterocycles. The molecule has 7 rings (SSSR count). The summed E-state index contributed by atoms with van der Waals surface area (Å²) < 4.78 is 13.1. The van der Waals surface area contributed by atoms with Gasteiger partial charge in [0.15, 0.2) is 11.5 Å². The lowest BCUT2D eigenvalue weighted by Gasteiger charge is -2.72. The molecule has 4 bridgehead atoms. The zero-order valence-electron chi connectivity index (χ0n) is 18.4. The Labute approximate surface area is 178 Å². The number of phenolic OH excluding ortho intramolecular Hbond substituents is 1. The maximum atomic E-state index is 11.7. The fourth-order valence-electron chi connectivity index (χ4n) is 8.44. The van der Waals surface area contributed by atoms with E-state index in [2.05, 4.69) is 37.1 Å². The summed E-state index contributed by atoms with van der Waals surface area (Å²) in [5.74, 6) is 0.823. The van der Waals surface area contributed by atoms with E-state index in [0.29, 0.717) is 11.8 Å². The normalized spacial score (nSPS) is 44.5. The predicted octanol–water partition coefficient (Wildman–Crippen LogP) is 3.16. The smallest absolute Gasteiger partial charge is 0.165 e. The Balaban J connectivity index is 1.66. The molecular formula is C25H33NO4. The van der Waals surface area contributed by atoms with E-state index in [1.807, 2.05) is 6.92 Å². The molecule has 0 aromatic heterocycles. The van der Waals surface area contributed by atoms with Crippen LogP contribution in [-0.2, 0) is 16.6 Å². The zero-order valence-corrected chi connectivity index (χ0v) is 18.4. The summed E-state index contributed by atoms with van der Waals surface area (Å²) in [4.78, 5) is 2.51. The first-order valence-corrected chi connectivity index (χ1v) is 11.5. The number of nitrogens with zero attached hydrogens (tertiary/aromatic N) is 1. The largest absolute Gasteiger partial charge is 0.504 e. The van der Waals surface area contributed by atoms with Crippen molar-refractivity contribution in [3.63, 3.8) is 0 Å². The molecule has 5 heteroatoms. The van der Waals surface area contributed by atoms with Crippen molar-refractivity contribution < 1.29 is 19.7 Å². The van der Waals surface area contributed by atoms with Gasteiger partial charge in [-0.05, 0) is 57.8 Å². The third kappa shape index (κ3) is 1.80. The molecule has 1 saturated carbocycles. The average molecular weight is 412 g/mol. The molecule has 0 radical (unpaired) electrons. The van der Waals surface area contributed by atoms with Crippen LogP contribution in [0.1, 0.15) is 50.7 Å². The number of hydrogen-bond acceptors (Lipinski definition) is 5. The van der Waals surface area contributed by atoms with Crippen LogP contribution in [-0.4, -0.2) is 59.2 Å². The number of likely N-dealkylation sites (N-methyl/N-ethyl adjacent to an activating group) is 1. The second-order valence-electron chi connectivity index (χ2n) is 10.7. The SMILES string of the molecule is CCCC(C)(O)C1C[C@@]23C=CC1(OC)C1Oc4c(O)ccc5c4[C@]12CCN(C)[C@H]3C5. The van der Waals surface area contributed by atoms with Crippen molar-refractivity contribution in [2.75, 3.05) is 20.7 Å². The van der Waals surface area contributed by atoms with Gasteiger partial charge in [0.1, 0.15) is 11.7 Å². The Kier molecular flexibility index (Phi) is 3.59. The van der Waals surface area contributed by atoms with Gasteiger partial charge >= 0.3 is 0 Å². The molecule has 2 fully saturated rings. The van der Waals surface area contributed by atoms with Crippen LogP contribution in [0.25, 0.3) is 0 Å². The minimum absolute atomic E-state index is 0.0647. The van der Waals surface area contributed by atoms with E-state index >= 15 is 0 Å². The van der Waals surface area contributed by atoms with Crippen LogP contribution in [0.2, 0.25) is 0 Å². The molecule has 162 valence electrons. The van der Waals surface area contributed by atoms with Crippen LogP contribution in [0.5, 0.6) is 11.5 Å². The molecule has 30 heavy (non-hydrogen) atoms. The highest BCUT2D eigenvalue weighted by atomic mass is 16.6. The molecule has 6 aliphatic rings. The number of piperidine rings is 1. The minimum Gasteiger partial charge on any atom is -0.504 e. The van der Waals surface area contributed by atoms with Gasteiger partial charge < -0.3 is 24.6 Å². The third-order valence-corrected chi connectivity index (χ3v) is 9.58. The molecule has 5 nitrogen and oxygen atoms in total. The summed E-state index contributed by atoms with van der Waals surface area (Å²) in [6.07, 6.45) is 8.86. The van der Waals surface area contributed by atoms with Crippen molar-refractivity contribution in [1.29, 1.82) is 0 Å². The van der Waals surface area contributed by atoms with Crippen molar-refractivity contribution in [1.82, 2.24) is 4.90 Å². The number of aliphatic hydroxyl groups is 1. The molecular weight excluding hydrogens is 378 g/mol. The summed E-state index contributed by atoms with van der Waals surface area (Å²) in [6.45, 7) is 5.11. The molecule has 2 heterocycles. The highest BCUT2D eigenvalue weighted by Gasteiger charge is 2.80. The average Bonchev–Trinajstić information content (AvgIpc) is 3.09. The Bertz CT molecular complexity index is 957. The molecule has 7 atom stereocenters. The Morgan fingerprint density at radius 2 is 2.13 bits per heavy atom. The summed E-state index contributed by atoms with van der Waals surface area (Å²) in [5, 5.41) is 22.4. The number of methoxy groups -OCH3 is 1. The van der Waals surface area contributed by atoms with Crippen molar-refractivity contribution in [3.05, 3.63) is 35.4 Å². The highest BCUT2D eigenvalue weighted by molar-refractivity contribution is 5.65. The maximum Gasteiger partial charge on any atom is 0.165 e. The molecule has 1 aromatic rings. The highest BCUT2D eigenvalue weighted by Crippen LogP contribution is 2.75. The van der Waals surface area contributed by atoms with Gasteiger partial charge in [0.25, 0.3) is 0 Å². The first kappa shape index (κ1) is 19.1. The maximum absolute atomic E-state index is 11.7. The number of ether oxygens (including phenoxy) is 2. The second-order valence-corrected chi connectivity index (χ2v) is 10.7. The Morgan fingerprint density at radius 3 is 2.87 bits per heavy atom. The minimum atomic E-state index is -0.850. The number of phenols is 1. The number of rotatable bonds is 4. The first-order valence-electron chi connectivity index (χ1n) is 11.5. The van der Waals surface area contributed by atoms with E-state index in [0.717, 1.165) is 38.6 Å². The van der Waals surface area contributed by atoms with Gasteiger partial charge in [-0.2, -0.15) is 0 Å². The van der Waals surface area contributed by atoms with Crippen LogP contribution >= 0.6 is 0 Å². The predicted molar refractivity (Wildman–Crippen MR) is 114 cm³/mol. The monoisotopic (exact) mass is 411 g/mol. The molecule has 2 N–H and O–H groups in total. The fourth-order valence-corrected chi connectivity index (χ4v) is 8.44. The van der Waals surface area contributed by atoms with E-state index in [-0.39, 0.29) is 28.6 Å². The van der Waals surface area contributed by atoms with Crippen molar-refractivity contribution >= 4 is 0 Å². The number of benzene rings is 1. The van der Waals surface area contributed by atoms with Crippen molar-refractivity contribution in [3.8, 4) is 11.5 Å². The van der Waals surface area contributed by atoms with Crippen LogP contribution in [0.3, 0.4) is 0 Å². The topological polar surface area (TPSA) is 62.2 Å². The van der Waals surface area contributed by atoms with Crippen molar-refractivity contribution in [2.45, 2.75) is 74.7 Å². The van der Waals surface area contributed by atoms with Gasteiger partial charge in [-0.25, -0.2) is 0 Å². The zero-order chi connectivity index (χ0) is 21.1. The van der Waals surface area contributed by atoms with Gasteiger partial charge in [0, 0.05) is 30.0 Å². The van der Waals surface area contributed by atoms with Crippen LogP contribution in [0.15, 0.2) is 24.3 Å². The van der Waals surface area contributed by atoms with Gasteiger partial charge in [-0.15, -0.1) is 0 Å². The van der Waals surface area contributed by atoms with E-state index in [9.17, 15) is 10.2 Å². The lowest BCUT2D eigenvalue weighted by Crippen LogP contribution is -2.80. The van der Waals surface area contributed by atoms with Crippen LogP contribution in [0, 0.1) is 11.3 Å². The number of fused-ring (bicyclic) bond motifs is 1. The van der Waals surface area contributed by atoms with E-state index in [4.69, 9.17) is 9.47 Å². The summed E-state index contributed by atoms with van der Waals surface area (Å²) >= 11 is 0. The lowest BCUT2D eigenvalue weighted by atomic mass is 9.36. The quantitative estimate of drug-likeness (QED) is 0.746. The van der Waals surface area contributed by atoms with Crippen LogP contribution < -0.4 is 4.74 Å². The molecule has 4 aliphatic carbocycles. The molecule has 1 aromatic carbocycles. The standard InChI is InChI=1S/C25H33NO4/c1-5-8-22(2,28)17-14-23-9-10-25(17,29-4)21-24(23)11-12-26(3)18(23)13-15-6-7-16(27)20(30-21)19(15)24/h6-7,9-10,17-18,21,27-28H,5,8,11-14H2,1-4H3/t17?,18-,21?,22?,23+,24+,25?/m0/s1. The Hall–Kier alpha value is -1.56. The molecule has 4 unspecified atom stereocenters. The van der Waals surface area contributed by atoms with Crippen molar-refractivity contribution in [2.24, 2.45) is 11.3 Å². The summed E-state index contributed by atoms with van der Waals surface area (Å²) in [5.41, 5.74) is 0.625. The third-order valence-electron chi connectivity index (χ3n) is 9.58.